The highest BCUT2D eigenvalue weighted by molar-refractivity contribution is 6.76. The Balaban J connectivity index is 1.63. The fourth-order valence-corrected chi connectivity index (χ4v) is 5.14. The number of carbonyl (C=O) groups excluding carboxylic acids is 1. The largest absolute Gasteiger partial charge is 0.381 e. The monoisotopic (exact) mass is 534 g/mol. The van der Waals surface area contributed by atoms with Gasteiger partial charge in [-0.2, -0.15) is 0 Å². The van der Waals surface area contributed by atoms with Crippen molar-refractivity contribution in [2.45, 2.75) is 38.7 Å². The normalized spacial score (nSPS) is 12.2. The quantitative estimate of drug-likeness (QED) is 0.249. The van der Waals surface area contributed by atoms with Gasteiger partial charge in [-0.1, -0.05) is 55.9 Å². The Morgan fingerprint density at radius 2 is 1.87 bits per heavy atom. The van der Waals surface area contributed by atoms with Gasteiger partial charge in [-0.15, -0.1) is 11.0 Å². The lowest BCUT2D eigenvalue weighted by Crippen LogP contribution is -2.32. The minimum atomic E-state index is -1.36. The van der Waals surface area contributed by atoms with Crippen molar-refractivity contribution in [3.63, 3.8) is 0 Å². The Morgan fingerprint density at radius 1 is 1.10 bits per heavy atom. The van der Waals surface area contributed by atoms with Crippen molar-refractivity contribution in [3.05, 3.63) is 100 Å². The molecule has 8 nitrogen and oxygen atoms in total. The highest BCUT2D eigenvalue weighted by atomic mass is 28.3. The number of hydrogen-bond acceptors (Lipinski definition) is 5. The van der Waals surface area contributed by atoms with Crippen molar-refractivity contribution >= 4 is 36.2 Å². The van der Waals surface area contributed by atoms with Gasteiger partial charge < -0.3 is 11.1 Å². The number of pyridine rings is 1. The molecule has 1 atom stereocenters. The fraction of sp³-hybridized carbons (Fsp3) is 0.200. The van der Waals surface area contributed by atoms with Crippen LogP contribution in [0.25, 0.3) is 22.1 Å². The highest BCUT2D eigenvalue weighted by Crippen LogP contribution is 2.24. The van der Waals surface area contributed by atoms with E-state index in [1.165, 1.54) is 4.52 Å². The zero-order valence-electron chi connectivity index (χ0n) is 22.4. The van der Waals surface area contributed by atoms with Crippen LogP contribution in [0.3, 0.4) is 0 Å². The van der Waals surface area contributed by atoms with Crippen LogP contribution in [0.5, 0.6) is 0 Å². The van der Waals surface area contributed by atoms with Gasteiger partial charge in [-0.25, -0.2) is 9.50 Å². The van der Waals surface area contributed by atoms with E-state index in [2.05, 4.69) is 46.9 Å². The van der Waals surface area contributed by atoms with E-state index in [4.69, 9.17) is 5.73 Å². The lowest BCUT2D eigenvalue weighted by Gasteiger charge is -2.21. The molecule has 3 heterocycles. The maximum Gasteiger partial charge on any atom is 0.264 e. The molecule has 1 amide bonds. The van der Waals surface area contributed by atoms with Gasteiger partial charge in [0.2, 0.25) is 0 Å². The Labute approximate surface area is 227 Å². The first-order chi connectivity index (χ1) is 18.6. The third-order valence-corrected chi connectivity index (χ3v) is 7.61. The van der Waals surface area contributed by atoms with Crippen LogP contribution >= 0.6 is 0 Å². The second-order valence-electron chi connectivity index (χ2n) is 10.7. The number of benzene rings is 2. The second kappa shape index (κ2) is 10.2. The second-order valence-corrected chi connectivity index (χ2v) is 16.2. The lowest BCUT2D eigenvalue weighted by molar-refractivity contribution is 0.0941. The minimum absolute atomic E-state index is 0.0823. The number of amides is 1. The molecule has 3 N–H and O–H groups in total. The van der Waals surface area contributed by atoms with Crippen LogP contribution < -0.4 is 16.6 Å². The zero-order chi connectivity index (χ0) is 27.7. The van der Waals surface area contributed by atoms with Crippen LogP contribution in [0, 0.1) is 11.8 Å². The van der Waals surface area contributed by atoms with E-state index >= 15 is 0 Å². The molecular formula is C30H30N6O2Si. The molecular weight excluding hydrogens is 504 g/mol. The number of carbonyl (C=O) groups is 1. The fourth-order valence-electron chi connectivity index (χ4n) is 4.52. The van der Waals surface area contributed by atoms with Gasteiger partial charge in [-0.05, 0) is 42.6 Å². The Morgan fingerprint density at radius 3 is 2.62 bits per heavy atom. The summed E-state index contributed by atoms with van der Waals surface area (Å²) in [5, 5.41) is 8.52. The van der Waals surface area contributed by atoms with Crippen LogP contribution in [0.15, 0.2) is 77.9 Å². The van der Waals surface area contributed by atoms with Crippen LogP contribution in [0.4, 0.5) is 5.82 Å². The SMILES string of the molecule is C[C@H](NC(=O)c1c(N)nn2cccnc12)c1cc2cccc(C#CC[Si](C)(C)C)c2c(=O)n1-c1ccccc1. The van der Waals surface area contributed by atoms with Crippen LogP contribution in [-0.4, -0.2) is 33.1 Å². The maximum atomic E-state index is 14.1. The summed E-state index contributed by atoms with van der Waals surface area (Å²) in [5.41, 5.74) is 8.46. The third kappa shape index (κ3) is 5.19. The summed E-state index contributed by atoms with van der Waals surface area (Å²) in [6, 6.07) is 19.1. The number of hydrogen-bond donors (Lipinski definition) is 2. The standard InChI is InChI=1S/C30H30N6O2Si/c1-20(33-29(37)26-27(31)34-35-17-10-16-32-28(26)35)24-19-22-12-8-11-21(13-9-18-39(2,3)4)25(22)30(38)36(24)23-14-6-5-7-15-23/h5-8,10-12,14-17,19-20H,18H2,1-4H3,(H2,31,34)(H,33,37)/t20-/m0/s1. The molecule has 0 bridgehead atoms. The highest BCUT2D eigenvalue weighted by Gasteiger charge is 2.24. The first kappa shape index (κ1) is 25.9. The van der Waals surface area contributed by atoms with Crippen molar-refractivity contribution in [2.24, 2.45) is 0 Å². The van der Waals surface area contributed by atoms with Gasteiger partial charge in [0.15, 0.2) is 11.5 Å². The van der Waals surface area contributed by atoms with E-state index in [9.17, 15) is 9.59 Å². The average molecular weight is 535 g/mol. The topological polar surface area (TPSA) is 107 Å². The summed E-state index contributed by atoms with van der Waals surface area (Å²) in [6.45, 7) is 8.65. The van der Waals surface area contributed by atoms with Crippen LogP contribution in [-0.2, 0) is 0 Å². The number of nitrogen functional groups attached to an aromatic ring is 1. The van der Waals surface area contributed by atoms with Crippen molar-refractivity contribution in [1.82, 2.24) is 24.5 Å². The van der Waals surface area contributed by atoms with Crippen LogP contribution in [0.1, 0.15) is 34.6 Å². The average Bonchev–Trinajstić information content (AvgIpc) is 3.24. The Hall–Kier alpha value is -4.68. The van der Waals surface area contributed by atoms with Gasteiger partial charge >= 0.3 is 0 Å². The van der Waals surface area contributed by atoms with Crippen molar-refractivity contribution in [2.75, 3.05) is 5.73 Å². The number of nitrogens with zero attached hydrogens (tertiary/aromatic N) is 4. The molecule has 9 heteroatoms. The molecule has 0 spiro atoms. The van der Waals surface area contributed by atoms with E-state index in [0.29, 0.717) is 28.0 Å². The van der Waals surface area contributed by atoms with E-state index in [-0.39, 0.29) is 16.9 Å². The minimum Gasteiger partial charge on any atom is -0.381 e. The number of nitrogens with one attached hydrogen (secondary N) is 1. The predicted molar refractivity (Wildman–Crippen MR) is 158 cm³/mol. The number of nitrogens with two attached hydrogens (primary N) is 1. The van der Waals surface area contributed by atoms with E-state index in [1.54, 1.807) is 23.0 Å². The first-order valence-electron chi connectivity index (χ1n) is 12.8. The molecule has 0 aliphatic heterocycles. The molecule has 0 fully saturated rings. The predicted octanol–water partition coefficient (Wildman–Crippen LogP) is 4.80. The number of rotatable bonds is 5. The summed E-state index contributed by atoms with van der Waals surface area (Å²) in [5.74, 6) is 6.22. The summed E-state index contributed by atoms with van der Waals surface area (Å²) in [6.07, 6.45) is 3.26. The summed E-state index contributed by atoms with van der Waals surface area (Å²) in [4.78, 5) is 31.8. The smallest absolute Gasteiger partial charge is 0.264 e. The number of para-hydroxylation sites is 1. The molecule has 5 aromatic rings. The van der Waals surface area contributed by atoms with Gasteiger partial charge in [0.25, 0.3) is 11.5 Å². The van der Waals surface area contributed by atoms with Crippen LogP contribution in [0.2, 0.25) is 25.7 Å². The zero-order valence-corrected chi connectivity index (χ0v) is 23.4. The molecule has 5 rings (SSSR count). The third-order valence-electron chi connectivity index (χ3n) is 6.37. The molecule has 2 aromatic carbocycles. The van der Waals surface area contributed by atoms with Crippen molar-refractivity contribution in [1.29, 1.82) is 0 Å². The molecule has 3 aromatic heterocycles. The van der Waals surface area contributed by atoms with Gasteiger partial charge in [0, 0.05) is 35.4 Å². The number of anilines is 1. The molecule has 0 aliphatic rings. The first-order valence-corrected chi connectivity index (χ1v) is 16.5. The lowest BCUT2D eigenvalue weighted by atomic mass is 10.0. The van der Waals surface area contributed by atoms with E-state index < -0.39 is 20.0 Å². The van der Waals surface area contributed by atoms with Crippen molar-refractivity contribution in [3.8, 4) is 17.5 Å². The van der Waals surface area contributed by atoms with Gasteiger partial charge in [0.1, 0.15) is 5.56 Å². The molecule has 0 radical (unpaired) electrons. The Kier molecular flexibility index (Phi) is 6.81. The Bertz CT molecular complexity index is 1820. The maximum absolute atomic E-state index is 14.1. The van der Waals surface area contributed by atoms with E-state index in [1.807, 2.05) is 61.5 Å². The van der Waals surface area contributed by atoms with E-state index in [0.717, 1.165) is 11.4 Å². The summed E-state index contributed by atoms with van der Waals surface area (Å²) in [7, 11) is -1.36. The number of aromatic nitrogens is 4. The van der Waals surface area contributed by atoms with Gasteiger partial charge in [-0.3, -0.25) is 14.2 Å². The molecule has 196 valence electrons. The molecule has 39 heavy (non-hydrogen) atoms. The summed E-state index contributed by atoms with van der Waals surface area (Å²) >= 11 is 0. The van der Waals surface area contributed by atoms with Crippen molar-refractivity contribution < 1.29 is 4.79 Å². The molecule has 0 unspecified atom stereocenters. The number of fused-ring (bicyclic) bond motifs is 2. The molecule has 0 saturated carbocycles. The molecule has 0 saturated heterocycles. The molecule has 0 aliphatic carbocycles. The summed E-state index contributed by atoms with van der Waals surface area (Å²) < 4.78 is 3.12. The van der Waals surface area contributed by atoms with Gasteiger partial charge in [0.05, 0.1) is 19.5 Å².